The summed E-state index contributed by atoms with van der Waals surface area (Å²) in [6.07, 6.45) is 0. The van der Waals surface area contributed by atoms with Crippen LogP contribution in [0, 0.1) is 0 Å². The second-order valence-corrected chi connectivity index (χ2v) is 6.18. The number of benzene rings is 2. The molecule has 0 saturated carbocycles. The Bertz CT molecular complexity index is 827. The van der Waals surface area contributed by atoms with Gasteiger partial charge in [0.1, 0.15) is 5.75 Å². The van der Waals surface area contributed by atoms with Crippen LogP contribution < -0.4 is 20.7 Å². The van der Waals surface area contributed by atoms with E-state index in [1.165, 1.54) is 0 Å². The first-order valence-electron chi connectivity index (χ1n) is 7.22. The summed E-state index contributed by atoms with van der Waals surface area (Å²) in [6.45, 7) is 0. The van der Waals surface area contributed by atoms with E-state index in [4.69, 9.17) is 17.0 Å². The number of methoxy groups -OCH3 is 1. The highest BCUT2D eigenvalue weighted by Gasteiger charge is 2.11. The monoisotopic (exact) mass is 421 g/mol. The quantitative estimate of drug-likeness (QED) is 0.661. The zero-order chi connectivity index (χ0) is 18.4. The fourth-order valence-corrected chi connectivity index (χ4v) is 2.78. The molecule has 6 nitrogen and oxygen atoms in total. The zero-order valence-electron chi connectivity index (χ0n) is 13.6. The number of hydrogen-bond acceptors (Lipinski definition) is 4. The molecule has 0 unspecified atom stereocenters. The molecular formula is C17H16BrN3O3S. The van der Waals surface area contributed by atoms with Gasteiger partial charge in [0, 0.05) is 23.9 Å². The number of anilines is 1. The normalized spacial score (nSPS) is 9.88. The minimum atomic E-state index is -0.358. The first-order chi connectivity index (χ1) is 11.9. The van der Waals surface area contributed by atoms with Crippen molar-refractivity contribution in [2.75, 3.05) is 19.5 Å². The van der Waals surface area contributed by atoms with Gasteiger partial charge in [-0.15, -0.1) is 0 Å². The molecule has 0 bridgehead atoms. The van der Waals surface area contributed by atoms with Crippen LogP contribution in [0.25, 0.3) is 0 Å². The summed E-state index contributed by atoms with van der Waals surface area (Å²) in [6, 6.07) is 11.7. The Kier molecular flexibility index (Phi) is 6.49. The lowest BCUT2D eigenvalue weighted by molar-refractivity contribution is 0.0959. The summed E-state index contributed by atoms with van der Waals surface area (Å²) >= 11 is 8.48. The Morgan fingerprint density at radius 2 is 1.80 bits per heavy atom. The maximum Gasteiger partial charge on any atom is 0.257 e. The molecule has 8 heteroatoms. The number of amides is 2. The maximum atomic E-state index is 12.3. The average molecular weight is 422 g/mol. The number of thiocarbonyl (C=S) groups is 1. The number of carbonyl (C=O) groups excluding carboxylic acids is 2. The van der Waals surface area contributed by atoms with Crippen LogP contribution in [0.1, 0.15) is 20.7 Å². The standard InChI is InChI=1S/C17H16BrN3O3S/c1-19-15(22)10-4-3-5-12(8-10)20-17(25)21-16(23)11-6-7-14(24-2)13(18)9-11/h3-9H,1-2H3,(H,19,22)(H2,20,21,23,25). The summed E-state index contributed by atoms with van der Waals surface area (Å²) in [5.74, 6) is 0.0632. The molecule has 0 radical (unpaired) electrons. The highest BCUT2D eigenvalue weighted by atomic mass is 79.9. The Hall–Kier alpha value is -2.45. The predicted molar refractivity (Wildman–Crippen MR) is 104 cm³/mol. The van der Waals surface area contributed by atoms with Gasteiger partial charge in [0.15, 0.2) is 5.11 Å². The summed E-state index contributed by atoms with van der Waals surface area (Å²) in [5, 5.41) is 8.15. The van der Waals surface area contributed by atoms with E-state index in [2.05, 4.69) is 31.9 Å². The smallest absolute Gasteiger partial charge is 0.257 e. The van der Waals surface area contributed by atoms with Crippen LogP contribution in [0.4, 0.5) is 5.69 Å². The molecule has 2 aromatic rings. The van der Waals surface area contributed by atoms with E-state index in [-0.39, 0.29) is 16.9 Å². The van der Waals surface area contributed by atoms with Gasteiger partial charge in [0.2, 0.25) is 0 Å². The summed E-state index contributed by atoms with van der Waals surface area (Å²) in [4.78, 5) is 23.9. The molecule has 25 heavy (non-hydrogen) atoms. The average Bonchev–Trinajstić information content (AvgIpc) is 2.60. The van der Waals surface area contributed by atoms with Crippen molar-refractivity contribution in [3.8, 4) is 5.75 Å². The summed E-state index contributed by atoms with van der Waals surface area (Å²) < 4.78 is 5.80. The van der Waals surface area contributed by atoms with Gasteiger partial charge in [-0.05, 0) is 64.5 Å². The molecule has 130 valence electrons. The van der Waals surface area contributed by atoms with Crippen molar-refractivity contribution >= 4 is 50.8 Å². The molecule has 0 heterocycles. The molecular weight excluding hydrogens is 406 g/mol. The van der Waals surface area contributed by atoms with E-state index < -0.39 is 0 Å². The summed E-state index contributed by atoms with van der Waals surface area (Å²) in [5.41, 5.74) is 1.51. The first-order valence-corrected chi connectivity index (χ1v) is 8.42. The third-order valence-corrected chi connectivity index (χ3v) is 4.07. The number of carbonyl (C=O) groups is 2. The number of hydrogen-bond donors (Lipinski definition) is 3. The molecule has 0 saturated heterocycles. The lowest BCUT2D eigenvalue weighted by atomic mass is 10.2. The first kappa shape index (κ1) is 18.9. The molecule has 0 fully saturated rings. The Morgan fingerprint density at radius 3 is 2.44 bits per heavy atom. The fourth-order valence-electron chi connectivity index (χ4n) is 2.03. The van der Waals surface area contributed by atoms with E-state index in [0.29, 0.717) is 27.0 Å². The van der Waals surface area contributed by atoms with Gasteiger partial charge >= 0.3 is 0 Å². The van der Waals surface area contributed by atoms with E-state index >= 15 is 0 Å². The Labute approximate surface area is 159 Å². The third-order valence-electron chi connectivity index (χ3n) is 3.25. The number of ether oxygens (including phenoxy) is 1. The molecule has 2 amide bonds. The number of rotatable bonds is 4. The van der Waals surface area contributed by atoms with Crippen molar-refractivity contribution in [3.05, 3.63) is 58.1 Å². The maximum absolute atomic E-state index is 12.3. The molecule has 0 aromatic heterocycles. The highest BCUT2D eigenvalue weighted by molar-refractivity contribution is 9.10. The van der Waals surface area contributed by atoms with Gasteiger partial charge in [-0.1, -0.05) is 6.07 Å². The van der Waals surface area contributed by atoms with Crippen LogP contribution in [0.2, 0.25) is 0 Å². The molecule has 0 atom stereocenters. The second-order valence-electron chi connectivity index (χ2n) is 4.92. The molecule has 0 aliphatic heterocycles. The van der Waals surface area contributed by atoms with Gasteiger partial charge in [-0.2, -0.15) is 0 Å². The molecule has 2 aromatic carbocycles. The molecule has 0 aliphatic carbocycles. The van der Waals surface area contributed by atoms with Gasteiger partial charge in [-0.3, -0.25) is 14.9 Å². The van der Waals surface area contributed by atoms with Gasteiger partial charge in [0.25, 0.3) is 11.8 Å². The SMILES string of the molecule is CNC(=O)c1cccc(NC(=S)NC(=O)c2ccc(OC)c(Br)c2)c1. The summed E-state index contributed by atoms with van der Waals surface area (Å²) in [7, 11) is 3.10. The molecule has 2 rings (SSSR count). The Morgan fingerprint density at radius 1 is 1.08 bits per heavy atom. The van der Waals surface area contributed by atoms with Crippen molar-refractivity contribution in [1.82, 2.24) is 10.6 Å². The topological polar surface area (TPSA) is 79.5 Å². The molecule has 0 aliphatic rings. The number of halogens is 1. The molecule has 0 spiro atoms. The van der Waals surface area contributed by atoms with Crippen molar-refractivity contribution in [2.24, 2.45) is 0 Å². The second kappa shape index (κ2) is 8.59. The van der Waals surface area contributed by atoms with Crippen LogP contribution >= 0.6 is 28.1 Å². The van der Waals surface area contributed by atoms with E-state index in [0.717, 1.165) is 0 Å². The van der Waals surface area contributed by atoms with E-state index in [1.54, 1.807) is 56.6 Å². The number of nitrogens with one attached hydrogen (secondary N) is 3. The van der Waals surface area contributed by atoms with Crippen molar-refractivity contribution in [1.29, 1.82) is 0 Å². The van der Waals surface area contributed by atoms with Crippen molar-refractivity contribution in [2.45, 2.75) is 0 Å². The van der Waals surface area contributed by atoms with E-state index in [1.807, 2.05) is 0 Å². The lowest BCUT2D eigenvalue weighted by Gasteiger charge is -2.11. The minimum absolute atomic E-state index is 0.131. The van der Waals surface area contributed by atoms with Gasteiger partial charge < -0.3 is 15.4 Å². The highest BCUT2D eigenvalue weighted by Crippen LogP contribution is 2.25. The Balaban J connectivity index is 2.03. The minimum Gasteiger partial charge on any atom is -0.496 e. The van der Waals surface area contributed by atoms with Crippen molar-refractivity contribution < 1.29 is 14.3 Å². The zero-order valence-corrected chi connectivity index (χ0v) is 16.0. The predicted octanol–water partition coefficient (Wildman–Crippen LogP) is 2.94. The third kappa shape index (κ3) is 5.01. The largest absolute Gasteiger partial charge is 0.496 e. The van der Waals surface area contributed by atoms with Gasteiger partial charge in [0.05, 0.1) is 11.6 Å². The van der Waals surface area contributed by atoms with Crippen molar-refractivity contribution in [3.63, 3.8) is 0 Å². The lowest BCUT2D eigenvalue weighted by Crippen LogP contribution is -2.34. The van der Waals surface area contributed by atoms with Crippen LogP contribution in [0.15, 0.2) is 46.9 Å². The van der Waals surface area contributed by atoms with Crippen LogP contribution in [-0.2, 0) is 0 Å². The van der Waals surface area contributed by atoms with Gasteiger partial charge in [-0.25, -0.2) is 0 Å². The van der Waals surface area contributed by atoms with Crippen LogP contribution in [0.5, 0.6) is 5.75 Å². The fraction of sp³-hybridized carbons (Fsp3) is 0.118. The van der Waals surface area contributed by atoms with Crippen LogP contribution in [-0.4, -0.2) is 31.1 Å². The van der Waals surface area contributed by atoms with Crippen LogP contribution in [0.3, 0.4) is 0 Å². The molecule has 3 N–H and O–H groups in total. The van der Waals surface area contributed by atoms with E-state index in [9.17, 15) is 9.59 Å².